The molecule has 0 saturated heterocycles. The van der Waals surface area contributed by atoms with Gasteiger partial charge < -0.3 is 11.1 Å². The first kappa shape index (κ1) is 14.4. The van der Waals surface area contributed by atoms with Gasteiger partial charge in [-0.05, 0) is 52.7 Å². The van der Waals surface area contributed by atoms with E-state index in [9.17, 15) is 4.39 Å². The Morgan fingerprint density at radius 2 is 2.10 bits per heavy atom. The number of anilines is 2. The number of hydrogen-bond donors (Lipinski definition) is 2. The summed E-state index contributed by atoms with van der Waals surface area (Å²) in [5.74, 6) is -0.472. The Hall–Kier alpha value is -2.06. The van der Waals surface area contributed by atoms with Crippen LogP contribution in [0.15, 0.2) is 40.9 Å². The van der Waals surface area contributed by atoms with Gasteiger partial charge in [0.05, 0.1) is 15.7 Å². The maximum atomic E-state index is 14.1. The lowest BCUT2D eigenvalue weighted by molar-refractivity contribution is 0.620. The van der Waals surface area contributed by atoms with Crippen LogP contribution in [0.25, 0.3) is 0 Å². The van der Waals surface area contributed by atoms with Gasteiger partial charge in [0.25, 0.3) is 0 Å². The van der Waals surface area contributed by atoms with Crippen molar-refractivity contribution in [3.63, 3.8) is 0 Å². The molecular weight excluding hydrogens is 321 g/mol. The van der Waals surface area contributed by atoms with Crippen LogP contribution in [0.2, 0.25) is 0 Å². The first-order chi connectivity index (χ1) is 9.52. The molecular formula is C15H13BrFN3. The monoisotopic (exact) mass is 333 g/mol. The summed E-state index contributed by atoms with van der Waals surface area (Å²) in [6.45, 7) is 1.92. The van der Waals surface area contributed by atoms with Gasteiger partial charge in [-0.2, -0.15) is 5.26 Å². The number of halogens is 2. The molecule has 2 rings (SSSR count). The summed E-state index contributed by atoms with van der Waals surface area (Å²) in [5.41, 5.74) is 7.97. The van der Waals surface area contributed by atoms with E-state index in [-0.39, 0.29) is 16.1 Å². The van der Waals surface area contributed by atoms with Crippen molar-refractivity contribution in [1.29, 1.82) is 5.26 Å². The third kappa shape index (κ3) is 2.91. The van der Waals surface area contributed by atoms with Crippen LogP contribution in [0.5, 0.6) is 0 Å². The SMILES string of the molecule is CC(Nc1ccc(C#N)c(Br)c1F)c1cccc(N)c1. The lowest BCUT2D eigenvalue weighted by atomic mass is 10.1. The summed E-state index contributed by atoms with van der Waals surface area (Å²) >= 11 is 3.09. The Labute approximate surface area is 125 Å². The van der Waals surface area contributed by atoms with E-state index in [1.54, 1.807) is 18.2 Å². The maximum absolute atomic E-state index is 14.1. The Morgan fingerprint density at radius 3 is 2.75 bits per heavy atom. The van der Waals surface area contributed by atoms with Crippen molar-refractivity contribution in [3.8, 4) is 6.07 Å². The van der Waals surface area contributed by atoms with Crippen molar-refractivity contribution in [3.05, 3.63) is 57.8 Å². The molecule has 0 radical (unpaired) electrons. The number of benzene rings is 2. The van der Waals surface area contributed by atoms with Gasteiger partial charge in [-0.25, -0.2) is 4.39 Å². The van der Waals surface area contributed by atoms with Gasteiger partial charge in [0, 0.05) is 11.7 Å². The zero-order chi connectivity index (χ0) is 14.7. The van der Waals surface area contributed by atoms with Crippen LogP contribution in [-0.2, 0) is 0 Å². The summed E-state index contributed by atoms with van der Waals surface area (Å²) in [5, 5.41) is 11.9. The van der Waals surface area contributed by atoms with E-state index in [4.69, 9.17) is 11.0 Å². The van der Waals surface area contributed by atoms with Crippen molar-refractivity contribution in [2.45, 2.75) is 13.0 Å². The molecule has 102 valence electrons. The van der Waals surface area contributed by atoms with Crippen LogP contribution in [0.3, 0.4) is 0 Å². The van der Waals surface area contributed by atoms with Crippen molar-refractivity contribution in [2.75, 3.05) is 11.1 Å². The van der Waals surface area contributed by atoms with Gasteiger partial charge >= 0.3 is 0 Å². The Balaban J connectivity index is 2.27. The number of nitrogens with zero attached hydrogens (tertiary/aromatic N) is 1. The van der Waals surface area contributed by atoms with Crippen molar-refractivity contribution >= 4 is 27.3 Å². The van der Waals surface area contributed by atoms with Crippen LogP contribution in [0.4, 0.5) is 15.8 Å². The Morgan fingerprint density at radius 1 is 1.35 bits per heavy atom. The molecule has 0 saturated carbocycles. The molecule has 20 heavy (non-hydrogen) atoms. The second-order valence-corrected chi connectivity index (χ2v) is 5.23. The Bertz CT molecular complexity index is 679. The molecule has 0 bridgehead atoms. The normalized spacial score (nSPS) is 11.7. The van der Waals surface area contributed by atoms with Crippen LogP contribution in [0.1, 0.15) is 24.1 Å². The third-order valence-electron chi connectivity index (χ3n) is 2.99. The molecule has 0 fully saturated rings. The summed E-state index contributed by atoms with van der Waals surface area (Å²) in [7, 11) is 0. The fourth-order valence-electron chi connectivity index (χ4n) is 1.89. The highest BCUT2D eigenvalue weighted by atomic mass is 79.9. The molecule has 1 unspecified atom stereocenters. The third-order valence-corrected chi connectivity index (χ3v) is 3.76. The second-order valence-electron chi connectivity index (χ2n) is 4.44. The minimum Gasteiger partial charge on any atom is -0.399 e. The highest BCUT2D eigenvalue weighted by Crippen LogP contribution is 2.29. The molecule has 3 N–H and O–H groups in total. The molecule has 0 aliphatic rings. The molecule has 5 heteroatoms. The minimum absolute atomic E-state index is 0.104. The van der Waals surface area contributed by atoms with E-state index in [0.29, 0.717) is 11.4 Å². The molecule has 0 amide bonds. The fourth-order valence-corrected chi connectivity index (χ4v) is 2.33. The average molecular weight is 334 g/mol. The molecule has 0 aliphatic heterocycles. The largest absolute Gasteiger partial charge is 0.399 e. The number of nitrogens with one attached hydrogen (secondary N) is 1. The van der Waals surface area contributed by atoms with Gasteiger partial charge in [-0.3, -0.25) is 0 Å². The summed E-state index contributed by atoms with van der Waals surface area (Å²) in [4.78, 5) is 0. The topological polar surface area (TPSA) is 61.8 Å². The summed E-state index contributed by atoms with van der Waals surface area (Å²) < 4.78 is 14.3. The lowest BCUT2D eigenvalue weighted by Crippen LogP contribution is -2.08. The van der Waals surface area contributed by atoms with Crippen LogP contribution >= 0.6 is 15.9 Å². The van der Waals surface area contributed by atoms with Crippen molar-refractivity contribution in [2.24, 2.45) is 0 Å². The summed E-state index contributed by atoms with van der Waals surface area (Å²) in [6, 6.07) is 12.4. The fraction of sp³-hybridized carbons (Fsp3) is 0.133. The minimum atomic E-state index is -0.472. The number of nitrogens with two attached hydrogens (primary N) is 1. The van der Waals surface area contributed by atoms with Gasteiger partial charge in [-0.1, -0.05) is 12.1 Å². The first-order valence-corrected chi connectivity index (χ1v) is 6.82. The zero-order valence-electron chi connectivity index (χ0n) is 10.8. The number of hydrogen-bond acceptors (Lipinski definition) is 3. The molecule has 0 aromatic heterocycles. The van der Waals surface area contributed by atoms with Gasteiger partial charge in [0.2, 0.25) is 0 Å². The van der Waals surface area contributed by atoms with Crippen molar-refractivity contribution < 1.29 is 4.39 Å². The molecule has 0 aliphatic carbocycles. The predicted molar refractivity (Wildman–Crippen MR) is 81.7 cm³/mol. The summed E-state index contributed by atoms with van der Waals surface area (Å²) in [6.07, 6.45) is 0. The molecule has 1 atom stereocenters. The molecule has 2 aromatic carbocycles. The molecule has 2 aromatic rings. The van der Waals surface area contributed by atoms with Gasteiger partial charge in [0.15, 0.2) is 5.82 Å². The number of nitrogen functional groups attached to an aromatic ring is 1. The van der Waals surface area contributed by atoms with E-state index >= 15 is 0 Å². The average Bonchev–Trinajstić information content (AvgIpc) is 2.44. The van der Waals surface area contributed by atoms with E-state index < -0.39 is 5.82 Å². The van der Waals surface area contributed by atoms with E-state index in [1.165, 1.54) is 0 Å². The second kappa shape index (κ2) is 5.93. The van der Waals surface area contributed by atoms with Crippen LogP contribution < -0.4 is 11.1 Å². The van der Waals surface area contributed by atoms with E-state index in [0.717, 1.165) is 5.56 Å². The number of nitriles is 1. The first-order valence-electron chi connectivity index (χ1n) is 6.03. The smallest absolute Gasteiger partial charge is 0.161 e. The maximum Gasteiger partial charge on any atom is 0.161 e. The van der Waals surface area contributed by atoms with Gasteiger partial charge in [-0.15, -0.1) is 0 Å². The molecule has 0 spiro atoms. The Kier molecular flexibility index (Phi) is 4.26. The van der Waals surface area contributed by atoms with Gasteiger partial charge in [0.1, 0.15) is 6.07 Å². The van der Waals surface area contributed by atoms with E-state index in [2.05, 4.69) is 21.2 Å². The number of rotatable bonds is 3. The van der Waals surface area contributed by atoms with Crippen LogP contribution in [-0.4, -0.2) is 0 Å². The zero-order valence-corrected chi connectivity index (χ0v) is 12.4. The highest BCUT2D eigenvalue weighted by molar-refractivity contribution is 9.10. The molecule has 0 heterocycles. The van der Waals surface area contributed by atoms with Crippen LogP contribution in [0, 0.1) is 17.1 Å². The lowest BCUT2D eigenvalue weighted by Gasteiger charge is -2.17. The van der Waals surface area contributed by atoms with Crippen molar-refractivity contribution in [1.82, 2.24) is 0 Å². The predicted octanol–water partition coefficient (Wildman–Crippen LogP) is 4.22. The van der Waals surface area contributed by atoms with E-state index in [1.807, 2.05) is 31.2 Å². The quantitative estimate of drug-likeness (QED) is 0.827. The standard InChI is InChI=1S/C15H13BrFN3/c1-9(10-3-2-4-12(19)7-10)20-13-6-5-11(8-18)14(16)15(13)17/h2-7,9,20H,19H2,1H3. The molecule has 3 nitrogen and oxygen atoms in total. The highest BCUT2D eigenvalue weighted by Gasteiger charge is 2.13.